The van der Waals surface area contributed by atoms with E-state index in [1.807, 2.05) is 13.0 Å². The zero-order valence-electron chi connectivity index (χ0n) is 18.9. The highest BCUT2D eigenvalue weighted by molar-refractivity contribution is 6.03. The number of allylic oxidation sites excluding steroid dienone is 4. The average Bonchev–Trinajstić information content (AvgIpc) is 2.72. The van der Waals surface area contributed by atoms with Gasteiger partial charge in [0.15, 0.2) is 17.3 Å². The Bertz CT molecular complexity index is 1080. The number of phenols is 3. The fourth-order valence-electron chi connectivity index (χ4n) is 3.76. The van der Waals surface area contributed by atoms with Gasteiger partial charge in [-0.05, 0) is 57.7 Å². The molecule has 0 fully saturated rings. The fraction of sp³-hybridized carbons (Fsp3) is 0.346. The van der Waals surface area contributed by atoms with E-state index in [1.54, 1.807) is 12.1 Å². The van der Waals surface area contributed by atoms with Crippen LogP contribution in [-0.2, 0) is 6.42 Å². The van der Waals surface area contributed by atoms with Gasteiger partial charge in [-0.15, -0.1) is 0 Å². The SMILES string of the molecule is COc1ccc(C2CC(=O)c3c(cc(O)c(C/C=C(\C)CCC=C(C)C)c3O)O2)cc1O. The second-order valence-corrected chi connectivity index (χ2v) is 8.34. The minimum atomic E-state index is -0.645. The smallest absolute Gasteiger partial charge is 0.174 e. The lowest BCUT2D eigenvalue weighted by Crippen LogP contribution is -2.21. The van der Waals surface area contributed by atoms with Crippen LogP contribution >= 0.6 is 0 Å². The van der Waals surface area contributed by atoms with Gasteiger partial charge in [0.05, 0.1) is 13.5 Å². The number of Topliss-reactive ketones (excluding diaryl/α,β-unsaturated/α-hetero) is 1. The third kappa shape index (κ3) is 5.07. The summed E-state index contributed by atoms with van der Waals surface area (Å²) in [4.78, 5) is 12.9. The summed E-state index contributed by atoms with van der Waals surface area (Å²) in [5.74, 6) is -0.255. The summed E-state index contributed by atoms with van der Waals surface area (Å²) in [5.41, 5.74) is 3.40. The molecular formula is C26H30O6. The zero-order valence-corrected chi connectivity index (χ0v) is 18.9. The van der Waals surface area contributed by atoms with Gasteiger partial charge in [0.2, 0.25) is 0 Å². The molecule has 0 bridgehead atoms. The number of aromatic hydroxyl groups is 3. The van der Waals surface area contributed by atoms with Crippen molar-refractivity contribution in [2.45, 2.75) is 52.6 Å². The Labute approximate surface area is 188 Å². The number of ketones is 1. The highest BCUT2D eigenvalue weighted by Gasteiger charge is 2.32. The summed E-state index contributed by atoms with van der Waals surface area (Å²) < 4.78 is 11.0. The molecule has 1 aliphatic heterocycles. The molecule has 1 aliphatic rings. The first kappa shape index (κ1) is 23.3. The normalized spacial score (nSPS) is 15.7. The molecule has 2 aromatic carbocycles. The van der Waals surface area contributed by atoms with Gasteiger partial charge in [-0.3, -0.25) is 4.79 Å². The van der Waals surface area contributed by atoms with Crippen molar-refractivity contribution in [2.24, 2.45) is 0 Å². The molecule has 2 aromatic rings. The molecule has 1 unspecified atom stereocenters. The highest BCUT2D eigenvalue weighted by Crippen LogP contribution is 2.45. The quantitative estimate of drug-likeness (QED) is 0.476. The van der Waals surface area contributed by atoms with Gasteiger partial charge in [-0.25, -0.2) is 0 Å². The molecule has 32 heavy (non-hydrogen) atoms. The molecule has 0 saturated carbocycles. The van der Waals surface area contributed by atoms with Crippen molar-refractivity contribution in [2.75, 3.05) is 7.11 Å². The highest BCUT2D eigenvalue weighted by atomic mass is 16.5. The van der Waals surface area contributed by atoms with E-state index in [9.17, 15) is 20.1 Å². The van der Waals surface area contributed by atoms with Gasteiger partial charge in [0.25, 0.3) is 0 Å². The van der Waals surface area contributed by atoms with Crippen molar-refractivity contribution in [3.63, 3.8) is 0 Å². The number of ether oxygens (including phenoxy) is 2. The van der Waals surface area contributed by atoms with Gasteiger partial charge in [-0.1, -0.05) is 29.4 Å². The maximum atomic E-state index is 12.9. The number of carbonyl (C=O) groups excluding carboxylic acids is 1. The predicted octanol–water partition coefficient (Wildman–Crippen LogP) is 5.75. The second-order valence-electron chi connectivity index (χ2n) is 8.34. The number of carbonyl (C=O) groups is 1. The summed E-state index contributed by atoms with van der Waals surface area (Å²) in [6.07, 6.45) is 5.62. The molecule has 3 N–H and O–H groups in total. The van der Waals surface area contributed by atoms with E-state index >= 15 is 0 Å². The van der Waals surface area contributed by atoms with Crippen LogP contribution in [0.5, 0.6) is 28.7 Å². The van der Waals surface area contributed by atoms with Gasteiger partial charge >= 0.3 is 0 Å². The maximum absolute atomic E-state index is 12.9. The van der Waals surface area contributed by atoms with Gasteiger partial charge in [0.1, 0.15) is 28.9 Å². The Kier molecular flexibility index (Phi) is 7.13. The van der Waals surface area contributed by atoms with Crippen LogP contribution in [0, 0.1) is 0 Å². The predicted molar refractivity (Wildman–Crippen MR) is 123 cm³/mol. The van der Waals surface area contributed by atoms with Crippen LogP contribution in [0.25, 0.3) is 0 Å². The number of hydrogen-bond donors (Lipinski definition) is 3. The molecule has 6 nitrogen and oxygen atoms in total. The van der Waals surface area contributed by atoms with E-state index in [0.29, 0.717) is 23.3 Å². The molecule has 0 saturated heterocycles. The minimum Gasteiger partial charge on any atom is -0.507 e. The van der Waals surface area contributed by atoms with Crippen LogP contribution in [0.4, 0.5) is 0 Å². The molecule has 3 rings (SSSR count). The van der Waals surface area contributed by atoms with Gasteiger partial charge < -0.3 is 24.8 Å². The maximum Gasteiger partial charge on any atom is 0.174 e. The first-order valence-corrected chi connectivity index (χ1v) is 10.6. The van der Waals surface area contributed by atoms with Crippen LogP contribution < -0.4 is 9.47 Å². The van der Waals surface area contributed by atoms with Crippen molar-refractivity contribution >= 4 is 5.78 Å². The molecule has 0 aliphatic carbocycles. The Morgan fingerprint density at radius 2 is 1.88 bits per heavy atom. The monoisotopic (exact) mass is 438 g/mol. The lowest BCUT2D eigenvalue weighted by molar-refractivity contribution is 0.0844. The molecule has 0 amide bonds. The lowest BCUT2D eigenvalue weighted by atomic mass is 9.92. The summed E-state index contributed by atoms with van der Waals surface area (Å²) in [7, 11) is 1.45. The standard InChI is InChI=1S/C26H30O6/c1-15(2)6-5-7-16(3)8-10-18-19(27)13-24-25(26(18)30)21(29)14-23(32-24)17-9-11-22(31-4)20(28)12-17/h6,8-9,11-13,23,27-28,30H,5,7,10,14H2,1-4H3/b16-8+. The molecule has 0 radical (unpaired) electrons. The van der Waals surface area contributed by atoms with Crippen molar-refractivity contribution in [1.29, 1.82) is 0 Å². The van der Waals surface area contributed by atoms with E-state index < -0.39 is 6.10 Å². The molecular weight excluding hydrogens is 408 g/mol. The molecule has 170 valence electrons. The lowest BCUT2D eigenvalue weighted by Gasteiger charge is -2.27. The summed E-state index contributed by atoms with van der Waals surface area (Å²) in [6.45, 7) is 6.13. The fourth-order valence-corrected chi connectivity index (χ4v) is 3.76. The van der Waals surface area contributed by atoms with Crippen molar-refractivity contribution in [3.05, 3.63) is 64.3 Å². The van der Waals surface area contributed by atoms with Crippen LogP contribution in [0.1, 0.15) is 67.6 Å². The van der Waals surface area contributed by atoms with E-state index in [-0.39, 0.29) is 40.8 Å². The van der Waals surface area contributed by atoms with E-state index in [0.717, 1.165) is 18.4 Å². The summed E-state index contributed by atoms with van der Waals surface area (Å²) in [6, 6.07) is 6.17. The van der Waals surface area contributed by atoms with Gasteiger partial charge in [-0.2, -0.15) is 0 Å². The summed E-state index contributed by atoms with van der Waals surface area (Å²) in [5, 5.41) is 31.3. The Morgan fingerprint density at radius 1 is 1.12 bits per heavy atom. The number of methoxy groups -OCH3 is 1. The van der Waals surface area contributed by atoms with Crippen molar-refractivity contribution in [1.82, 2.24) is 0 Å². The van der Waals surface area contributed by atoms with E-state index in [4.69, 9.17) is 9.47 Å². The summed E-state index contributed by atoms with van der Waals surface area (Å²) >= 11 is 0. The average molecular weight is 439 g/mol. The van der Waals surface area contributed by atoms with Crippen LogP contribution in [-0.4, -0.2) is 28.2 Å². The van der Waals surface area contributed by atoms with E-state index in [1.165, 1.54) is 24.8 Å². The number of rotatable bonds is 7. The third-order valence-corrected chi connectivity index (χ3v) is 5.59. The number of phenolic OH excluding ortho intramolecular Hbond substituents is 3. The Hall–Kier alpha value is -3.41. The van der Waals surface area contributed by atoms with E-state index in [2.05, 4.69) is 19.9 Å². The number of fused-ring (bicyclic) bond motifs is 1. The van der Waals surface area contributed by atoms with Gasteiger partial charge in [0, 0.05) is 11.6 Å². The Morgan fingerprint density at radius 3 is 2.53 bits per heavy atom. The molecule has 0 aromatic heterocycles. The minimum absolute atomic E-state index is 0.00805. The third-order valence-electron chi connectivity index (χ3n) is 5.59. The number of benzene rings is 2. The second kappa shape index (κ2) is 9.81. The van der Waals surface area contributed by atoms with Crippen molar-refractivity contribution in [3.8, 4) is 28.7 Å². The van der Waals surface area contributed by atoms with Crippen LogP contribution in [0.2, 0.25) is 0 Å². The molecule has 6 heteroatoms. The van der Waals surface area contributed by atoms with Crippen LogP contribution in [0.3, 0.4) is 0 Å². The van der Waals surface area contributed by atoms with Crippen molar-refractivity contribution < 1.29 is 29.6 Å². The largest absolute Gasteiger partial charge is 0.507 e. The first-order chi connectivity index (χ1) is 15.2. The van der Waals surface area contributed by atoms with Crippen LogP contribution in [0.15, 0.2) is 47.6 Å². The Balaban J connectivity index is 1.83. The molecule has 0 spiro atoms. The number of hydrogen-bond acceptors (Lipinski definition) is 6. The topological polar surface area (TPSA) is 96.2 Å². The molecule has 1 heterocycles. The first-order valence-electron chi connectivity index (χ1n) is 10.6. The molecule has 1 atom stereocenters. The zero-order chi connectivity index (χ0) is 23.4.